The third kappa shape index (κ3) is 4.05. The standard InChI is InChI=1S/C27H25ClN2O4/c1-15(2)20-12-17(8-10-22(20)34-4)25(31)23-24(18-6-5-11-29-14-18)30(27(33)26(23)32)21-13-19(28)9-7-16(21)3/h5-15,24,31H,1-4H3/b25-23-. The van der Waals surface area contributed by atoms with Gasteiger partial charge >= 0.3 is 0 Å². The van der Waals surface area contributed by atoms with Gasteiger partial charge in [0.2, 0.25) is 0 Å². The Morgan fingerprint density at radius 3 is 2.56 bits per heavy atom. The summed E-state index contributed by atoms with van der Waals surface area (Å²) >= 11 is 6.23. The first kappa shape index (κ1) is 23.5. The molecule has 1 unspecified atom stereocenters. The van der Waals surface area contributed by atoms with Crippen molar-refractivity contribution in [2.24, 2.45) is 0 Å². The zero-order valence-corrected chi connectivity index (χ0v) is 20.1. The van der Waals surface area contributed by atoms with Gasteiger partial charge in [-0.05, 0) is 65.9 Å². The quantitative estimate of drug-likeness (QED) is 0.286. The van der Waals surface area contributed by atoms with Crippen LogP contribution in [0.15, 0.2) is 66.5 Å². The summed E-state index contributed by atoms with van der Waals surface area (Å²) in [5.41, 5.74) is 3.17. The number of aliphatic hydroxyl groups excluding tert-OH is 1. The molecule has 34 heavy (non-hydrogen) atoms. The molecule has 1 N–H and O–H groups in total. The minimum atomic E-state index is -0.865. The molecule has 4 rings (SSSR count). The Bertz CT molecular complexity index is 1300. The van der Waals surface area contributed by atoms with Crippen LogP contribution >= 0.6 is 11.6 Å². The number of ether oxygens (including phenoxy) is 1. The molecule has 3 aromatic rings. The number of ketones is 1. The predicted octanol–water partition coefficient (Wildman–Crippen LogP) is 5.80. The van der Waals surface area contributed by atoms with Gasteiger partial charge < -0.3 is 9.84 Å². The lowest BCUT2D eigenvalue weighted by atomic mass is 9.93. The molecule has 1 aliphatic rings. The minimum Gasteiger partial charge on any atom is -0.507 e. The Morgan fingerprint density at radius 2 is 1.91 bits per heavy atom. The van der Waals surface area contributed by atoms with Crippen LogP contribution in [-0.2, 0) is 9.59 Å². The highest BCUT2D eigenvalue weighted by atomic mass is 35.5. The van der Waals surface area contributed by atoms with Crippen molar-refractivity contribution in [3.8, 4) is 5.75 Å². The van der Waals surface area contributed by atoms with Crippen LogP contribution in [0.4, 0.5) is 5.69 Å². The number of rotatable bonds is 5. The maximum atomic E-state index is 13.3. The second kappa shape index (κ2) is 9.31. The molecule has 2 aromatic carbocycles. The van der Waals surface area contributed by atoms with Gasteiger partial charge in [-0.1, -0.05) is 37.6 Å². The Kier molecular flexibility index (Phi) is 6.44. The van der Waals surface area contributed by atoms with E-state index in [0.717, 1.165) is 11.1 Å². The summed E-state index contributed by atoms with van der Waals surface area (Å²) in [7, 11) is 1.59. The molecule has 0 radical (unpaired) electrons. The fraction of sp³-hybridized carbons (Fsp3) is 0.222. The zero-order chi connectivity index (χ0) is 24.6. The summed E-state index contributed by atoms with van der Waals surface area (Å²) in [4.78, 5) is 32.2. The number of carbonyl (C=O) groups is 2. The van der Waals surface area contributed by atoms with Crippen molar-refractivity contribution in [2.45, 2.75) is 32.7 Å². The van der Waals surface area contributed by atoms with Gasteiger partial charge in [-0.15, -0.1) is 0 Å². The van der Waals surface area contributed by atoms with Gasteiger partial charge in [0.05, 0.1) is 18.7 Å². The van der Waals surface area contributed by atoms with Crippen molar-refractivity contribution >= 4 is 34.7 Å². The SMILES string of the molecule is COc1ccc(/C(O)=C2/C(=O)C(=O)N(c3cc(Cl)ccc3C)C2c2cccnc2)cc1C(C)C. The average Bonchev–Trinajstić information content (AvgIpc) is 3.10. The summed E-state index contributed by atoms with van der Waals surface area (Å²) in [5, 5.41) is 11.8. The monoisotopic (exact) mass is 476 g/mol. The molecule has 0 bridgehead atoms. The molecule has 0 saturated carbocycles. The summed E-state index contributed by atoms with van der Waals surface area (Å²) in [6, 6.07) is 13.0. The Balaban J connectivity index is 1.97. The van der Waals surface area contributed by atoms with Crippen LogP contribution in [0.2, 0.25) is 5.02 Å². The maximum Gasteiger partial charge on any atom is 0.300 e. The molecule has 7 heteroatoms. The molecule has 0 spiro atoms. The highest BCUT2D eigenvalue weighted by Gasteiger charge is 2.47. The highest BCUT2D eigenvalue weighted by molar-refractivity contribution is 6.52. The van der Waals surface area contributed by atoms with Gasteiger partial charge in [-0.2, -0.15) is 0 Å². The van der Waals surface area contributed by atoms with Crippen LogP contribution in [0.5, 0.6) is 5.75 Å². The second-order valence-electron chi connectivity index (χ2n) is 8.50. The lowest BCUT2D eigenvalue weighted by Crippen LogP contribution is -2.30. The first-order valence-electron chi connectivity index (χ1n) is 10.9. The van der Waals surface area contributed by atoms with Gasteiger partial charge in [-0.25, -0.2) is 0 Å². The van der Waals surface area contributed by atoms with E-state index in [4.69, 9.17) is 16.3 Å². The topological polar surface area (TPSA) is 79.7 Å². The molecule has 1 atom stereocenters. The molecule has 1 aliphatic heterocycles. The Hall–Kier alpha value is -3.64. The van der Waals surface area contributed by atoms with Gasteiger partial charge in [0.25, 0.3) is 11.7 Å². The van der Waals surface area contributed by atoms with Gasteiger partial charge in [0.15, 0.2) is 0 Å². The third-order valence-corrected chi connectivity index (χ3v) is 6.24. The largest absolute Gasteiger partial charge is 0.507 e. The number of benzene rings is 2. The smallest absolute Gasteiger partial charge is 0.300 e. The molecule has 1 fully saturated rings. The van der Waals surface area contributed by atoms with E-state index in [9.17, 15) is 14.7 Å². The number of aliphatic hydroxyl groups is 1. The summed E-state index contributed by atoms with van der Waals surface area (Å²) in [6.45, 7) is 5.86. The Labute approximate surface area is 203 Å². The number of hydrogen-bond acceptors (Lipinski definition) is 5. The van der Waals surface area contributed by atoms with E-state index in [0.29, 0.717) is 27.6 Å². The molecule has 1 saturated heterocycles. The lowest BCUT2D eigenvalue weighted by Gasteiger charge is -2.26. The second-order valence-corrected chi connectivity index (χ2v) is 8.93. The molecule has 1 amide bonds. The van der Waals surface area contributed by atoms with Crippen LogP contribution in [0, 0.1) is 6.92 Å². The summed E-state index contributed by atoms with van der Waals surface area (Å²) in [6.07, 6.45) is 3.20. The third-order valence-electron chi connectivity index (χ3n) is 6.00. The molecule has 0 aliphatic carbocycles. The number of halogens is 1. The number of carbonyl (C=O) groups excluding carboxylic acids is 2. The first-order valence-corrected chi connectivity index (χ1v) is 11.3. The number of pyridine rings is 1. The molecular weight excluding hydrogens is 452 g/mol. The summed E-state index contributed by atoms with van der Waals surface area (Å²) < 4.78 is 5.45. The van der Waals surface area contributed by atoms with Crippen molar-refractivity contribution in [1.29, 1.82) is 0 Å². The average molecular weight is 477 g/mol. The van der Waals surface area contributed by atoms with Crippen molar-refractivity contribution in [2.75, 3.05) is 12.0 Å². The van der Waals surface area contributed by atoms with Crippen LogP contribution in [0.1, 0.15) is 48.1 Å². The number of aryl methyl sites for hydroxylation is 1. The lowest BCUT2D eigenvalue weighted by molar-refractivity contribution is -0.132. The molecular formula is C27H25ClN2O4. The number of aromatic nitrogens is 1. The number of Topliss-reactive ketones (excluding diaryl/α,β-unsaturated/α-hetero) is 1. The number of methoxy groups -OCH3 is 1. The van der Waals surface area contributed by atoms with Gasteiger partial charge in [-0.3, -0.25) is 19.5 Å². The first-order chi connectivity index (χ1) is 16.2. The number of hydrogen-bond donors (Lipinski definition) is 1. The number of amides is 1. The minimum absolute atomic E-state index is 0.00255. The molecule has 2 heterocycles. The molecule has 1 aromatic heterocycles. The van der Waals surface area contributed by atoms with Crippen molar-refractivity contribution < 1.29 is 19.4 Å². The number of anilines is 1. The van der Waals surface area contributed by atoms with E-state index in [1.807, 2.05) is 20.8 Å². The Morgan fingerprint density at radius 1 is 1.15 bits per heavy atom. The summed E-state index contributed by atoms with van der Waals surface area (Å²) in [5.74, 6) is -0.955. The van der Waals surface area contributed by atoms with Crippen LogP contribution in [0.3, 0.4) is 0 Å². The maximum absolute atomic E-state index is 13.3. The van der Waals surface area contributed by atoms with Crippen LogP contribution in [0.25, 0.3) is 5.76 Å². The molecule has 6 nitrogen and oxygen atoms in total. The normalized spacial score (nSPS) is 17.5. The van der Waals surface area contributed by atoms with Gasteiger partial charge in [0.1, 0.15) is 11.5 Å². The van der Waals surface area contributed by atoms with E-state index in [-0.39, 0.29) is 17.3 Å². The zero-order valence-electron chi connectivity index (χ0n) is 19.4. The van der Waals surface area contributed by atoms with E-state index in [2.05, 4.69) is 4.98 Å². The van der Waals surface area contributed by atoms with E-state index in [1.54, 1.807) is 68.0 Å². The fourth-order valence-electron chi connectivity index (χ4n) is 4.26. The number of nitrogens with zero attached hydrogens (tertiary/aromatic N) is 2. The fourth-order valence-corrected chi connectivity index (χ4v) is 4.43. The van der Waals surface area contributed by atoms with Crippen molar-refractivity contribution in [1.82, 2.24) is 4.98 Å². The predicted molar refractivity (Wildman–Crippen MR) is 132 cm³/mol. The van der Waals surface area contributed by atoms with Crippen LogP contribution < -0.4 is 9.64 Å². The van der Waals surface area contributed by atoms with Crippen molar-refractivity contribution in [3.05, 3.63) is 93.8 Å². The van der Waals surface area contributed by atoms with Crippen molar-refractivity contribution in [3.63, 3.8) is 0 Å². The highest BCUT2D eigenvalue weighted by Crippen LogP contribution is 2.44. The van der Waals surface area contributed by atoms with Crippen LogP contribution in [-0.4, -0.2) is 28.9 Å². The van der Waals surface area contributed by atoms with E-state index < -0.39 is 17.7 Å². The molecule has 174 valence electrons. The van der Waals surface area contributed by atoms with E-state index in [1.165, 1.54) is 4.90 Å². The van der Waals surface area contributed by atoms with E-state index >= 15 is 0 Å². The van der Waals surface area contributed by atoms with Gasteiger partial charge in [0, 0.05) is 28.7 Å².